The molecule has 2 atom stereocenters. The maximum absolute atomic E-state index is 12.1. The zero-order valence-electron chi connectivity index (χ0n) is 13.5. The van der Waals surface area contributed by atoms with Gasteiger partial charge in [0.2, 0.25) is 11.8 Å². The van der Waals surface area contributed by atoms with E-state index in [1.54, 1.807) is 7.05 Å². The zero-order valence-corrected chi connectivity index (χ0v) is 13.5. The highest BCUT2D eigenvalue weighted by Crippen LogP contribution is 2.33. The van der Waals surface area contributed by atoms with Gasteiger partial charge in [0.1, 0.15) is 0 Å². The summed E-state index contributed by atoms with van der Waals surface area (Å²) in [6, 6.07) is 0. The van der Waals surface area contributed by atoms with Gasteiger partial charge in [-0.25, -0.2) is 0 Å². The van der Waals surface area contributed by atoms with Crippen molar-refractivity contribution in [3.8, 4) is 0 Å². The molecule has 0 aromatic rings. The molecular formula is C15H30N2O2. The van der Waals surface area contributed by atoms with Crippen LogP contribution in [-0.4, -0.2) is 24.4 Å². The first-order valence-corrected chi connectivity index (χ1v) is 7.18. The van der Waals surface area contributed by atoms with E-state index in [1.807, 2.05) is 41.5 Å². The van der Waals surface area contributed by atoms with Crippen LogP contribution < -0.4 is 10.6 Å². The lowest BCUT2D eigenvalue weighted by Gasteiger charge is -2.38. The monoisotopic (exact) mass is 270 g/mol. The number of amides is 2. The molecule has 0 aliphatic rings. The van der Waals surface area contributed by atoms with Gasteiger partial charge in [-0.1, -0.05) is 34.6 Å². The Morgan fingerprint density at radius 1 is 1.11 bits per heavy atom. The number of hydrogen-bond donors (Lipinski definition) is 2. The molecule has 0 saturated heterocycles. The van der Waals surface area contributed by atoms with Crippen molar-refractivity contribution in [3.05, 3.63) is 0 Å². The highest BCUT2D eigenvalue weighted by molar-refractivity contribution is 5.82. The maximum Gasteiger partial charge on any atom is 0.225 e. The van der Waals surface area contributed by atoms with Crippen molar-refractivity contribution in [2.75, 3.05) is 7.05 Å². The summed E-state index contributed by atoms with van der Waals surface area (Å²) in [5, 5.41) is 5.82. The SMILES string of the molecule is CCC(C)(CC(C)(CC)C(=O)NC)NC(=O)C(C)C. The molecule has 112 valence electrons. The number of nitrogens with one attached hydrogen (secondary N) is 2. The van der Waals surface area contributed by atoms with Gasteiger partial charge in [0.05, 0.1) is 0 Å². The molecule has 2 unspecified atom stereocenters. The van der Waals surface area contributed by atoms with E-state index < -0.39 is 5.41 Å². The van der Waals surface area contributed by atoms with Gasteiger partial charge in [0, 0.05) is 23.9 Å². The van der Waals surface area contributed by atoms with E-state index in [1.165, 1.54) is 0 Å². The summed E-state index contributed by atoms with van der Waals surface area (Å²) in [4.78, 5) is 24.0. The number of carbonyl (C=O) groups excluding carboxylic acids is 2. The van der Waals surface area contributed by atoms with Crippen LogP contribution in [0.3, 0.4) is 0 Å². The Kier molecular flexibility index (Phi) is 6.53. The van der Waals surface area contributed by atoms with Crippen LogP contribution in [0.15, 0.2) is 0 Å². The van der Waals surface area contributed by atoms with Gasteiger partial charge in [0.25, 0.3) is 0 Å². The van der Waals surface area contributed by atoms with Crippen LogP contribution in [0, 0.1) is 11.3 Å². The molecule has 19 heavy (non-hydrogen) atoms. The second-order valence-corrected chi connectivity index (χ2v) is 6.23. The summed E-state index contributed by atoms with van der Waals surface area (Å²) in [6.45, 7) is 11.8. The van der Waals surface area contributed by atoms with Crippen LogP contribution in [0.5, 0.6) is 0 Å². The van der Waals surface area contributed by atoms with E-state index >= 15 is 0 Å². The van der Waals surface area contributed by atoms with Crippen molar-refractivity contribution in [2.24, 2.45) is 11.3 Å². The highest BCUT2D eigenvalue weighted by atomic mass is 16.2. The lowest BCUT2D eigenvalue weighted by molar-refractivity contribution is -0.133. The van der Waals surface area contributed by atoms with E-state index in [0.717, 1.165) is 12.8 Å². The zero-order chi connectivity index (χ0) is 15.3. The Balaban J connectivity index is 5.04. The fourth-order valence-corrected chi connectivity index (χ4v) is 2.23. The number of hydrogen-bond acceptors (Lipinski definition) is 2. The van der Waals surface area contributed by atoms with Gasteiger partial charge in [-0.15, -0.1) is 0 Å². The van der Waals surface area contributed by atoms with E-state index in [4.69, 9.17) is 0 Å². The molecule has 0 aliphatic heterocycles. The molecule has 0 radical (unpaired) electrons. The minimum absolute atomic E-state index is 0.0356. The number of rotatable bonds is 7. The predicted octanol–water partition coefficient (Wildman–Crippen LogP) is 2.48. The second kappa shape index (κ2) is 6.92. The van der Waals surface area contributed by atoms with Gasteiger partial charge < -0.3 is 10.6 Å². The molecule has 4 heteroatoms. The van der Waals surface area contributed by atoms with Crippen LogP contribution in [0.1, 0.15) is 60.8 Å². The van der Waals surface area contributed by atoms with Crippen LogP contribution in [0.25, 0.3) is 0 Å². The van der Waals surface area contributed by atoms with Crippen molar-refractivity contribution in [1.82, 2.24) is 10.6 Å². The van der Waals surface area contributed by atoms with Crippen LogP contribution in [0.4, 0.5) is 0 Å². The van der Waals surface area contributed by atoms with E-state index in [9.17, 15) is 9.59 Å². The third kappa shape index (κ3) is 4.84. The molecule has 2 amide bonds. The van der Waals surface area contributed by atoms with Gasteiger partial charge in [0.15, 0.2) is 0 Å². The Morgan fingerprint density at radius 3 is 1.95 bits per heavy atom. The third-order valence-electron chi connectivity index (χ3n) is 4.07. The Labute approximate surface area is 117 Å². The van der Waals surface area contributed by atoms with Crippen LogP contribution in [-0.2, 0) is 9.59 Å². The molecule has 2 N–H and O–H groups in total. The standard InChI is InChI=1S/C15H30N2O2/c1-8-14(5,13(19)16-7)10-15(6,9-2)17-12(18)11(3)4/h11H,8-10H2,1-7H3,(H,16,19)(H,17,18). The molecular weight excluding hydrogens is 240 g/mol. The second-order valence-electron chi connectivity index (χ2n) is 6.23. The lowest BCUT2D eigenvalue weighted by atomic mass is 9.74. The molecule has 0 rings (SSSR count). The van der Waals surface area contributed by atoms with Crippen LogP contribution >= 0.6 is 0 Å². The molecule has 0 heterocycles. The average Bonchev–Trinajstić information content (AvgIpc) is 2.37. The summed E-state index contributed by atoms with van der Waals surface area (Å²) < 4.78 is 0. The minimum atomic E-state index is -0.455. The van der Waals surface area contributed by atoms with E-state index in [0.29, 0.717) is 6.42 Å². The van der Waals surface area contributed by atoms with Gasteiger partial charge in [-0.3, -0.25) is 9.59 Å². The Morgan fingerprint density at radius 2 is 1.63 bits per heavy atom. The van der Waals surface area contributed by atoms with Crippen molar-refractivity contribution in [2.45, 2.75) is 66.3 Å². The van der Waals surface area contributed by atoms with Crippen molar-refractivity contribution in [3.63, 3.8) is 0 Å². The van der Waals surface area contributed by atoms with Gasteiger partial charge in [-0.05, 0) is 26.2 Å². The van der Waals surface area contributed by atoms with Crippen molar-refractivity contribution < 1.29 is 9.59 Å². The summed E-state index contributed by atoms with van der Waals surface area (Å²) in [6.07, 6.45) is 2.20. The molecule has 0 bridgehead atoms. The Hall–Kier alpha value is -1.06. The fraction of sp³-hybridized carbons (Fsp3) is 0.867. The number of carbonyl (C=O) groups is 2. The summed E-state index contributed by atoms with van der Waals surface area (Å²) in [7, 11) is 1.66. The first kappa shape index (κ1) is 17.9. The van der Waals surface area contributed by atoms with Crippen LogP contribution in [0.2, 0.25) is 0 Å². The normalized spacial score (nSPS) is 17.5. The van der Waals surface area contributed by atoms with Crippen molar-refractivity contribution >= 4 is 11.8 Å². The van der Waals surface area contributed by atoms with Gasteiger partial charge >= 0.3 is 0 Å². The largest absolute Gasteiger partial charge is 0.359 e. The first-order chi connectivity index (χ1) is 8.64. The smallest absolute Gasteiger partial charge is 0.225 e. The quantitative estimate of drug-likeness (QED) is 0.746. The molecule has 0 aliphatic carbocycles. The molecule has 0 saturated carbocycles. The topological polar surface area (TPSA) is 58.2 Å². The lowest BCUT2D eigenvalue weighted by Crippen LogP contribution is -2.52. The average molecular weight is 270 g/mol. The summed E-state index contributed by atoms with van der Waals surface area (Å²) in [5.41, 5.74) is -0.803. The minimum Gasteiger partial charge on any atom is -0.359 e. The van der Waals surface area contributed by atoms with Crippen molar-refractivity contribution in [1.29, 1.82) is 0 Å². The van der Waals surface area contributed by atoms with Gasteiger partial charge in [-0.2, -0.15) is 0 Å². The molecule has 0 spiro atoms. The molecule has 0 fully saturated rings. The molecule has 0 aromatic carbocycles. The molecule has 4 nitrogen and oxygen atoms in total. The van der Waals surface area contributed by atoms with E-state index in [2.05, 4.69) is 10.6 Å². The summed E-state index contributed by atoms with van der Waals surface area (Å²) >= 11 is 0. The molecule has 0 aromatic heterocycles. The summed E-state index contributed by atoms with van der Waals surface area (Å²) in [5.74, 6) is 0.0342. The first-order valence-electron chi connectivity index (χ1n) is 7.18. The maximum atomic E-state index is 12.1. The van der Waals surface area contributed by atoms with E-state index in [-0.39, 0.29) is 23.3 Å². The predicted molar refractivity (Wildman–Crippen MR) is 78.8 cm³/mol. The highest BCUT2D eigenvalue weighted by Gasteiger charge is 2.39. The fourth-order valence-electron chi connectivity index (χ4n) is 2.23. The third-order valence-corrected chi connectivity index (χ3v) is 4.07. The Bertz CT molecular complexity index is 328.